The van der Waals surface area contributed by atoms with Crippen LogP contribution in [0.1, 0.15) is 54.2 Å². The Kier molecular flexibility index (Phi) is 6.11. The highest BCUT2D eigenvalue weighted by Crippen LogP contribution is 2.37. The van der Waals surface area contributed by atoms with Crippen LogP contribution in [0.5, 0.6) is 11.5 Å². The molecule has 0 spiro atoms. The number of methoxy groups -OCH3 is 2. The summed E-state index contributed by atoms with van der Waals surface area (Å²) in [4.78, 5) is 23.2. The van der Waals surface area contributed by atoms with Crippen molar-refractivity contribution in [3.05, 3.63) is 65.8 Å². The first-order valence-electron chi connectivity index (χ1n) is 11.8. The Morgan fingerprint density at radius 3 is 2.46 bits per heavy atom. The molecule has 1 aliphatic carbocycles. The number of pyridine rings is 1. The van der Waals surface area contributed by atoms with E-state index >= 15 is 0 Å². The Morgan fingerprint density at radius 1 is 0.971 bits per heavy atom. The summed E-state index contributed by atoms with van der Waals surface area (Å²) in [5.74, 6) is 2.07. The van der Waals surface area contributed by atoms with E-state index in [0.29, 0.717) is 34.5 Å². The van der Waals surface area contributed by atoms with Crippen LogP contribution in [0.3, 0.4) is 0 Å². The van der Waals surface area contributed by atoms with E-state index < -0.39 is 5.54 Å². The van der Waals surface area contributed by atoms with Crippen LogP contribution in [-0.4, -0.2) is 35.3 Å². The maximum atomic E-state index is 13.8. The van der Waals surface area contributed by atoms with Crippen LogP contribution in [0.25, 0.3) is 22.2 Å². The summed E-state index contributed by atoms with van der Waals surface area (Å²) in [7, 11) is 3.19. The minimum atomic E-state index is -0.652. The minimum absolute atomic E-state index is 0.185. The standard InChI is InChI=1S/C27H28N4O4/c1-17-28-26(31-35-17)27(13-7-4-8-14-27)30-25(32)20-16-22(29-21-10-6-5-9-19(20)21)18-11-12-23(33-2)24(15-18)34-3/h5-6,9-12,15-16H,4,7-8,13-14H2,1-3H3,(H,30,32). The van der Waals surface area contributed by atoms with Gasteiger partial charge < -0.3 is 19.3 Å². The fourth-order valence-corrected chi connectivity index (χ4v) is 4.84. The molecule has 2 aromatic carbocycles. The third kappa shape index (κ3) is 4.32. The van der Waals surface area contributed by atoms with E-state index in [-0.39, 0.29) is 5.91 Å². The lowest BCUT2D eigenvalue weighted by Crippen LogP contribution is -2.48. The monoisotopic (exact) mass is 472 g/mol. The van der Waals surface area contributed by atoms with E-state index in [1.807, 2.05) is 48.5 Å². The molecule has 1 aliphatic rings. The molecule has 0 unspecified atom stereocenters. The second kappa shape index (κ2) is 9.37. The molecule has 0 aliphatic heterocycles. The fraction of sp³-hybridized carbons (Fsp3) is 0.333. The van der Waals surface area contributed by atoms with Crippen LogP contribution in [0.15, 0.2) is 53.1 Å². The molecule has 8 heteroatoms. The van der Waals surface area contributed by atoms with Crippen molar-refractivity contribution in [2.24, 2.45) is 0 Å². The molecule has 180 valence electrons. The molecule has 1 fully saturated rings. The summed E-state index contributed by atoms with van der Waals surface area (Å²) in [6, 6.07) is 15.1. The van der Waals surface area contributed by atoms with Crippen LogP contribution >= 0.6 is 0 Å². The Morgan fingerprint density at radius 2 is 1.74 bits per heavy atom. The molecular weight excluding hydrogens is 444 g/mol. The average molecular weight is 473 g/mol. The maximum Gasteiger partial charge on any atom is 0.252 e. The van der Waals surface area contributed by atoms with Crippen LogP contribution in [0.2, 0.25) is 0 Å². The van der Waals surface area contributed by atoms with E-state index in [2.05, 4.69) is 15.5 Å². The number of ether oxygens (including phenoxy) is 2. The van der Waals surface area contributed by atoms with Crippen molar-refractivity contribution in [3.8, 4) is 22.8 Å². The summed E-state index contributed by atoms with van der Waals surface area (Å²) in [6.45, 7) is 1.76. The number of nitrogens with zero attached hydrogens (tertiary/aromatic N) is 3. The number of aryl methyl sites for hydroxylation is 1. The molecule has 5 rings (SSSR count). The molecule has 0 saturated heterocycles. The number of carbonyl (C=O) groups excluding carboxylic acids is 1. The summed E-state index contributed by atoms with van der Waals surface area (Å²) in [5, 5.41) is 8.26. The topological polar surface area (TPSA) is 99.4 Å². The second-order valence-electron chi connectivity index (χ2n) is 8.88. The van der Waals surface area contributed by atoms with Crippen molar-refractivity contribution < 1.29 is 18.8 Å². The molecule has 1 amide bonds. The number of hydrogen-bond donors (Lipinski definition) is 1. The molecule has 0 bridgehead atoms. The van der Waals surface area contributed by atoms with Crippen LogP contribution in [-0.2, 0) is 5.54 Å². The third-order valence-electron chi connectivity index (χ3n) is 6.66. The molecule has 0 atom stereocenters. The first kappa shape index (κ1) is 22.8. The van der Waals surface area contributed by atoms with Crippen LogP contribution < -0.4 is 14.8 Å². The number of para-hydroxylation sites is 1. The normalized spacial score (nSPS) is 15.1. The number of benzene rings is 2. The summed E-state index contributed by atoms with van der Waals surface area (Å²) in [5.41, 5.74) is 2.12. The Bertz CT molecular complexity index is 1370. The van der Waals surface area contributed by atoms with Gasteiger partial charge >= 0.3 is 0 Å². The SMILES string of the molecule is COc1ccc(-c2cc(C(=O)NC3(c4noc(C)n4)CCCCC3)c3ccccc3n2)cc1OC. The van der Waals surface area contributed by atoms with Crippen molar-refractivity contribution in [1.82, 2.24) is 20.4 Å². The Hall–Kier alpha value is -3.94. The van der Waals surface area contributed by atoms with Gasteiger partial charge in [-0.05, 0) is 43.2 Å². The van der Waals surface area contributed by atoms with E-state index in [1.54, 1.807) is 21.1 Å². The highest BCUT2D eigenvalue weighted by molar-refractivity contribution is 6.07. The van der Waals surface area contributed by atoms with Gasteiger partial charge in [-0.25, -0.2) is 4.98 Å². The molecule has 1 saturated carbocycles. The quantitative estimate of drug-likeness (QED) is 0.412. The smallest absolute Gasteiger partial charge is 0.252 e. The highest BCUT2D eigenvalue weighted by atomic mass is 16.5. The average Bonchev–Trinajstić information content (AvgIpc) is 3.35. The fourth-order valence-electron chi connectivity index (χ4n) is 4.84. The lowest BCUT2D eigenvalue weighted by atomic mass is 9.80. The largest absolute Gasteiger partial charge is 0.493 e. The predicted octanol–water partition coefficient (Wildman–Crippen LogP) is 5.20. The van der Waals surface area contributed by atoms with Gasteiger partial charge in [0.1, 0.15) is 5.54 Å². The van der Waals surface area contributed by atoms with Gasteiger partial charge in [-0.15, -0.1) is 0 Å². The van der Waals surface area contributed by atoms with Crippen molar-refractivity contribution in [3.63, 3.8) is 0 Å². The summed E-state index contributed by atoms with van der Waals surface area (Å²) >= 11 is 0. The zero-order valence-corrected chi connectivity index (χ0v) is 20.1. The molecule has 2 heterocycles. The number of nitrogens with one attached hydrogen (secondary N) is 1. The number of aromatic nitrogens is 3. The first-order valence-corrected chi connectivity index (χ1v) is 11.8. The van der Waals surface area contributed by atoms with Gasteiger partial charge in [-0.3, -0.25) is 4.79 Å². The van der Waals surface area contributed by atoms with Gasteiger partial charge in [0.2, 0.25) is 5.89 Å². The zero-order valence-electron chi connectivity index (χ0n) is 20.1. The van der Waals surface area contributed by atoms with Crippen LogP contribution in [0.4, 0.5) is 0 Å². The van der Waals surface area contributed by atoms with E-state index in [1.165, 1.54) is 0 Å². The third-order valence-corrected chi connectivity index (χ3v) is 6.66. The molecule has 8 nitrogen and oxygen atoms in total. The molecule has 2 aromatic heterocycles. The van der Waals surface area contributed by atoms with Gasteiger partial charge in [0.25, 0.3) is 5.91 Å². The molecule has 1 N–H and O–H groups in total. The molecule has 0 radical (unpaired) electrons. The Labute approximate surface area is 203 Å². The lowest BCUT2D eigenvalue weighted by molar-refractivity contribution is 0.0857. The first-order chi connectivity index (χ1) is 17.0. The summed E-state index contributed by atoms with van der Waals surface area (Å²) in [6.07, 6.45) is 4.63. The van der Waals surface area contributed by atoms with Gasteiger partial charge in [0, 0.05) is 17.9 Å². The lowest BCUT2D eigenvalue weighted by Gasteiger charge is -2.35. The molecule has 35 heavy (non-hydrogen) atoms. The van der Waals surface area contributed by atoms with Crippen molar-refractivity contribution in [1.29, 1.82) is 0 Å². The zero-order chi connectivity index (χ0) is 24.4. The minimum Gasteiger partial charge on any atom is -0.493 e. The Balaban J connectivity index is 1.58. The predicted molar refractivity (Wildman–Crippen MR) is 132 cm³/mol. The van der Waals surface area contributed by atoms with Gasteiger partial charge in [0.05, 0.1) is 31.0 Å². The molecular formula is C27H28N4O4. The number of amides is 1. The number of carbonyl (C=O) groups is 1. The van der Waals surface area contributed by atoms with Gasteiger partial charge in [-0.1, -0.05) is 42.6 Å². The number of fused-ring (bicyclic) bond motifs is 1. The van der Waals surface area contributed by atoms with Gasteiger partial charge in [-0.2, -0.15) is 4.98 Å². The van der Waals surface area contributed by atoms with Gasteiger partial charge in [0.15, 0.2) is 17.3 Å². The van der Waals surface area contributed by atoms with Crippen LogP contribution in [0, 0.1) is 6.92 Å². The van der Waals surface area contributed by atoms with E-state index in [9.17, 15) is 4.79 Å². The van der Waals surface area contributed by atoms with Crippen molar-refractivity contribution in [2.75, 3.05) is 14.2 Å². The van der Waals surface area contributed by atoms with E-state index in [4.69, 9.17) is 19.0 Å². The maximum absolute atomic E-state index is 13.8. The molecule has 4 aromatic rings. The van der Waals surface area contributed by atoms with Crippen molar-refractivity contribution in [2.45, 2.75) is 44.6 Å². The summed E-state index contributed by atoms with van der Waals surface area (Å²) < 4.78 is 16.1. The van der Waals surface area contributed by atoms with Crippen molar-refractivity contribution >= 4 is 16.8 Å². The van der Waals surface area contributed by atoms with E-state index in [0.717, 1.165) is 48.6 Å². The highest BCUT2D eigenvalue weighted by Gasteiger charge is 2.40. The number of hydrogen-bond acceptors (Lipinski definition) is 7. The second-order valence-corrected chi connectivity index (χ2v) is 8.88. The number of rotatable bonds is 6.